The lowest BCUT2D eigenvalue weighted by Crippen LogP contribution is -2.07. The average Bonchev–Trinajstić information content (AvgIpc) is 2.87. The Morgan fingerprint density at radius 3 is 2.11 bits per heavy atom. The Morgan fingerprint density at radius 1 is 0.722 bits per heavy atom. The SMILES string of the molecule is Fc1cccc(F)c1COc1cccc(-c2c(-c3ccccc3)cnc3c(C(F)(F)F)cccc23)c1. The summed E-state index contributed by atoms with van der Waals surface area (Å²) in [6.45, 7) is -0.344. The predicted molar refractivity (Wildman–Crippen MR) is 128 cm³/mol. The molecule has 4 aromatic carbocycles. The van der Waals surface area contributed by atoms with Gasteiger partial charge in [-0.25, -0.2) is 8.78 Å². The Morgan fingerprint density at radius 2 is 1.39 bits per heavy atom. The van der Waals surface area contributed by atoms with E-state index in [9.17, 15) is 22.0 Å². The lowest BCUT2D eigenvalue weighted by Gasteiger charge is -2.17. The third-order valence-electron chi connectivity index (χ3n) is 5.86. The first-order chi connectivity index (χ1) is 17.3. The predicted octanol–water partition coefficient (Wildman–Crippen LogP) is 8.44. The highest BCUT2D eigenvalue weighted by atomic mass is 19.4. The van der Waals surface area contributed by atoms with Crippen LogP contribution in [0.1, 0.15) is 11.1 Å². The van der Waals surface area contributed by atoms with E-state index in [1.165, 1.54) is 18.3 Å². The van der Waals surface area contributed by atoms with E-state index >= 15 is 0 Å². The van der Waals surface area contributed by atoms with E-state index in [0.29, 0.717) is 27.8 Å². The van der Waals surface area contributed by atoms with E-state index in [2.05, 4.69) is 4.98 Å². The molecule has 0 aliphatic heterocycles. The zero-order chi connectivity index (χ0) is 25.3. The molecular weight excluding hydrogens is 473 g/mol. The van der Waals surface area contributed by atoms with Gasteiger partial charge in [0.2, 0.25) is 0 Å². The van der Waals surface area contributed by atoms with Gasteiger partial charge < -0.3 is 4.74 Å². The molecule has 180 valence electrons. The Labute approximate surface area is 203 Å². The standard InChI is InChI=1S/C29H18F5NO/c30-25-13-6-14-26(31)23(25)17-36-20-10-4-9-19(15-20)27-21-11-5-12-24(29(32,33)34)28(21)35-16-22(27)18-7-2-1-3-8-18/h1-16H,17H2. The highest BCUT2D eigenvalue weighted by Crippen LogP contribution is 2.42. The number of aromatic nitrogens is 1. The Kier molecular flexibility index (Phi) is 6.14. The van der Waals surface area contributed by atoms with Crippen molar-refractivity contribution >= 4 is 10.9 Å². The largest absolute Gasteiger partial charge is 0.489 e. The van der Waals surface area contributed by atoms with E-state index in [0.717, 1.165) is 23.8 Å². The average molecular weight is 491 g/mol. The summed E-state index contributed by atoms with van der Waals surface area (Å²) in [5, 5.41) is 0.323. The molecule has 1 heterocycles. The van der Waals surface area contributed by atoms with Crippen LogP contribution in [0.3, 0.4) is 0 Å². The molecule has 5 aromatic rings. The number of rotatable bonds is 5. The molecule has 0 fully saturated rings. The number of hydrogen-bond acceptors (Lipinski definition) is 2. The van der Waals surface area contributed by atoms with Crippen LogP contribution < -0.4 is 4.74 Å². The summed E-state index contributed by atoms with van der Waals surface area (Å²) < 4.78 is 75.0. The zero-order valence-electron chi connectivity index (χ0n) is 18.7. The van der Waals surface area contributed by atoms with Crippen LogP contribution in [-0.4, -0.2) is 4.98 Å². The van der Waals surface area contributed by atoms with E-state index in [1.807, 2.05) is 30.3 Å². The number of alkyl halides is 3. The molecule has 0 radical (unpaired) electrons. The van der Waals surface area contributed by atoms with Gasteiger partial charge in [0.25, 0.3) is 0 Å². The third-order valence-corrected chi connectivity index (χ3v) is 5.86. The molecule has 0 aliphatic rings. The number of ether oxygens (including phenoxy) is 1. The molecule has 0 spiro atoms. The number of pyridine rings is 1. The van der Waals surface area contributed by atoms with Crippen LogP contribution in [0.4, 0.5) is 22.0 Å². The molecule has 0 bridgehead atoms. The minimum absolute atomic E-state index is 0.167. The Balaban J connectivity index is 1.65. The molecule has 0 saturated heterocycles. The number of hydrogen-bond donors (Lipinski definition) is 0. The second kappa shape index (κ2) is 9.41. The molecule has 5 rings (SSSR count). The van der Waals surface area contributed by atoms with Crippen molar-refractivity contribution in [3.05, 3.63) is 120 Å². The molecule has 2 nitrogen and oxygen atoms in total. The van der Waals surface area contributed by atoms with E-state index < -0.39 is 23.4 Å². The number of fused-ring (bicyclic) bond motifs is 1. The molecule has 0 saturated carbocycles. The molecular formula is C29H18F5NO. The molecule has 0 aliphatic carbocycles. The van der Waals surface area contributed by atoms with Gasteiger partial charge in [-0.05, 0) is 41.5 Å². The maximum atomic E-state index is 14.0. The van der Waals surface area contributed by atoms with Crippen molar-refractivity contribution < 1.29 is 26.7 Å². The molecule has 0 amide bonds. The lowest BCUT2D eigenvalue weighted by molar-refractivity contribution is -0.136. The molecule has 0 unspecified atom stereocenters. The van der Waals surface area contributed by atoms with E-state index in [1.54, 1.807) is 30.3 Å². The number of halogens is 5. The van der Waals surface area contributed by atoms with Crippen LogP contribution in [0.2, 0.25) is 0 Å². The van der Waals surface area contributed by atoms with Crippen molar-refractivity contribution in [2.75, 3.05) is 0 Å². The molecule has 1 aromatic heterocycles. The van der Waals surface area contributed by atoms with Crippen LogP contribution in [0.15, 0.2) is 97.2 Å². The summed E-state index contributed by atoms with van der Waals surface area (Å²) in [7, 11) is 0. The molecule has 0 atom stereocenters. The first-order valence-electron chi connectivity index (χ1n) is 11.0. The van der Waals surface area contributed by atoms with Gasteiger partial charge in [-0.1, -0.05) is 60.7 Å². The van der Waals surface area contributed by atoms with Crippen molar-refractivity contribution in [2.24, 2.45) is 0 Å². The summed E-state index contributed by atoms with van der Waals surface area (Å²) in [4.78, 5) is 4.19. The van der Waals surface area contributed by atoms with Crippen molar-refractivity contribution in [1.82, 2.24) is 4.98 Å². The number of para-hydroxylation sites is 1. The second-order valence-corrected chi connectivity index (χ2v) is 8.13. The van der Waals surface area contributed by atoms with Crippen molar-refractivity contribution in [1.29, 1.82) is 0 Å². The zero-order valence-corrected chi connectivity index (χ0v) is 18.7. The Bertz CT molecular complexity index is 1530. The maximum absolute atomic E-state index is 14.0. The van der Waals surface area contributed by atoms with Crippen LogP contribution in [0.5, 0.6) is 5.75 Å². The summed E-state index contributed by atoms with van der Waals surface area (Å²) in [5.41, 5.74) is 1.32. The van der Waals surface area contributed by atoms with Gasteiger partial charge in [-0.2, -0.15) is 13.2 Å². The van der Waals surface area contributed by atoms with Crippen molar-refractivity contribution in [3.63, 3.8) is 0 Å². The van der Waals surface area contributed by atoms with Crippen LogP contribution in [0.25, 0.3) is 33.2 Å². The van der Waals surface area contributed by atoms with E-state index in [-0.39, 0.29) is 17.7 Å². The highest BCUT2D eigenvalue weighted by molar-refractivity contribution is 6.03. The van der Waals surface area contributed by atoms with Gasteiger partial charge in [0.05, 0.1) is 16.6 Å². The topological polar surface area (TPSA) is 22.1 Å². The Hall–Kier alpha value is -4.26. The van der Waals surface area contributed by atoms with Gasteiger partial charge >= 0.3 is 6.18 Å². The van der Waals surface area contributed by atoms with Crippen molar-refractivity contribution in [3.8, 4) is 28.0 Å². The summed E-state index contributed by atoms with van der Waals surface area (Å²) >= 11 is 0. The molecule has 36 heavy (non-hydrogen) atoms. The monoisotopic (exact) mass is 491 g/mol. The van der Waals surface area contributed by atoms with Crippen LogP contribution in [-0.2, 0) is 12.8 Å². The maximum Gasteiger partial charge on any atom is 0.418 e. The first kappa shape index (κ1) is 23.5. The minimum atomic E-state index is -4.58. The molecule has 7 heteroatoms. The third kappa shape index (κ3) is 4.52. The van der Waals surface area contributed by atoms with Gasteiger partial charge in [0.1, 0.15) is 24.0 Å². The van der Waals surface area contributed by atoms with Gasteiger partial charge in [-0.3, -0.25) is 4.98 Å². The summed E-state index contributed by atoms with van der Waals surface area (Å²) in [6, 6.07) is 23.4. The van der Waals surface area contributed by atoms with Gasteiger partial charge in [-0.15, -0.1) is 0 Å². The van der Waals surface area contributed by atoms with Gasteiger partial charge in [0, 0.05) is 22.7 Å². The quantitative estimate of drug-likeness (QED) is 0.230. The van der Waals surface area contributed by atoms with E-state index in [4.69, 9.17) is 4.74 Å². The fourth-order valence-electron chi connectivity index (χ4n) is 4.17. The fourth-order valence-corrected chi connectivity index (χ4v) is 4.17. The molecule has 0 N–H and O–H groups in total. The number of benzene rings is 4. The first-order valence-corrected chi connectivity index (χ1v) is 11.0. The number of nitrogens with zero attached hydrogens (tertiary/aromatic N) is 1. The smallest absolute Gasteiger partial charge is 0.418 e. The highest BCUT2D eigenvalue weighted by Gasteiger charge is 2.33. The normalized spacial score (nSPS) is 11.6. The van der Waals surface area contributed by atoms with Crippen LogP contribution >= 0.6 is 0 Å². The summed E-state index contributed by atoms with van der Waals surface area (Å²) in [6.07, 6.45) is -3.14. The summed E-state index contributed by atoms with van der Waals surface area (Å²) in [5.74, 6) is -1.14. The van der Waals surface area contributed by atoms with Gasteiger partial charge in [0.15, 0.2) is 0 Å². The second-order valence-electron chi connectivity index (χ2n) is 8.13. The fraction of sp³-hybridized carbons (Fsp3) is 0.0690. The minimum Gasteiger partial charge on any atom is -0.489 e. The van der Waals surface area contributed by atoms with Crippen LogP contribution in [0, 0.1) is 11.6 Å². The lowest BCUT2D eigenvalue weighted by atomic mass is 9.91. The van der Waals surface area contributed by atoms with Crippen molar-refractivity contribution in [2.45, 2.75) is 12.8 Å².